The van der Waals surface area contributed by atoms with Crippen LogP contribution in [0.4, 0.5) is 10.2 Å². The molecule has 28 heavy (non-hydrogen) atoms. The summed E-state index contributed by atoms with van der Waals surface area (Å²) in [6, 6.07) is 8.22. The van der Waals surface area contributed by atoms with Crippen molar-refractivity contribution in [3.05, 3.63) is 65.5 Å². The molecule has 1 aliphatic rings. The summed E-state index contributed by atoms with van der Waals surface area (Å²) in [6.07, 6.45) is 5.11. The van der Waals surface area contributed by atoms with Crippen molar-refractivity contribution in [1.29, 1.82) is 0 Å². The first kappa shape index (κ1) is 18.4. The standard InChI is InChI=1S/C19H18ClFN6O/c20-15-2-1-3-16(21)14(15)12-19(28)26-10-8-25(9-11-26)17-4-5-18(24-23-17)27-7-6-22-13-27/h1-7,13H,8-12H2. The molecule has 1 amide bonds. The number of anilines is 1. The highest BCUT2D eigenvalue weighted by atomic mass is 35.5. The number of hydrogen-bond acceptors (Lipinski definition) is 5. The molecule has 0 unspecified atom stereocenters. The molecule has 1 saturated heterocycles. The minimum Gasteiger partial charge on any atom is -0.352 e. The smallest absolute Gasteiger partial charge is 0.227 e. The van der Waals surface area contributed by atoms with E-state index in [1.54, 1.807) is 34.3 Å². The zero-order valence-electron chi connectivity index (χ0n) is 15.0. The SMILES string of the molecule is O=C(Cc1c(F)cccc1Cl)N1CCN(c2ccc(-n3ccnc3)nn2)CC1. The van der Waals surface area contributed by atoms with Crippen molar-refractivity contribution in [3.63, 3.8) is 0 Å². The third-order valence-electron chi connectivity index (χ3n) is 4.75. The summed E-state index contributed by atoms with van der Waals surface area (Å²) in [6.45, 7) is 2.34. The Bertz CT molecular complexity index is 935. The molecule has 3 aromatic rings. The maximum absolute atomic E-state index is 13.9. The predicted molar refractivity (Wildman–Crippen MR) is 103 cm³/mol. The Balaban J connectivity index is 1.36. The van der Waals surface area contributed by atoms with Crippen molar-refractivity contribution in [2.24, 2.45) is 0 Å². The number of carbonyl (C=O) groups excluding carboxylic acids is 1. The van der Waals surface area contributed by atoms with Crippen LogP contribution in [0.2, 0.25) is 5.02 Å². The average molecular weight is 401 g/mol. The summed E-state index contributed by atoms with van der Waals surface area (Å²) in [7, 11) is 0. The fraction of sp³-hybridized carbons (Fsp3) is 0.263. The quantitative estimate of drug-likeness (QED) is 0.672. The minimum absolute atomic E-state index is 0.0368. The average Bonchev–Trinajstić information content (AvgIpc) is 3.26. The van der Waals surface area contributed by atoms with Gasteiger partial charge in [0.15, 0.2) is 11.6 Å². The first-order chi connectivity index (χ1) is 13.6. The van der Waals surface area contributed by atoms with E-state index in [4.69, 9.17) is 11.6 Å². The topological polar surface area (TPSA) is 67.2 Å². The summed E-state index contributed by atoms with van der Waals surface area (Å²) >= 11 is 6.03. The number of hydrogen-bond donors (Lipinski definition) is 0. The molecule has 0 bridgehead atoms. The van der Waals surface area contributed by atoms with Crippen LogP contribution in [-0.2, 0) is 11.2 Å². The van der Waals surface area contributed by atoms with E-state index in [-0.39, 0.29) is 22.9 Å². The Morgan fingerprint density at radius 1 is 1.07 bits per heavy atom. The van der Waals surface area contributed by atoms with Crippen molar-refractivity contribution in [3.8, 4) is 5.82 Å². The molecule has 1 aliphatic heterocycles. The number of aromatic nitrogens is 4. The fourth-order valence-corrected chi connectivity index (χ4v) is 3.40. The van der Waals surface area contributed by atoms with Crippen LogP contribution in [0, 0.1) is 5.82 Å². The summed E-state index contributed by atoms with van der Waals surface area (Å²) < 4.78 is 15.7. The Morgan fingerprint density at radius 2 is 1.82 bits per heavy atom. The van der Waals surface area contributed by atoms with Gasteiger partial charge >= 0.3 is 0 Å². The van der Waals surface area contributed by atoms with E-state index in [0.717, 1.165) is 5.82 Å². The molecule has 7 nitrogen and oxygen atoms in total. The van der Waals surface area contributed by atoms with E-state index in [0.29, 0.717) is 32.0 Å². The molecule has 4 rings (SSSR count). The van der Waals surface area contributed by atoms with Crippen molar-refractivity contribution in [1.82, 2.24) is 24.6 Å². The second kappa shape index (κ2) is 7.93. The van der Waals surface area contributed by atoms with Crippen LogP contribution in [-0.4, -0.2) is 56.7 Å². The molecule has 0 aliphatic carbocycles. The van der Waals surface area contributed by atoms with Gasteiger partial charge in [-0.25, -0.2) is 9.37 Å². The van der Waals surface area contributed by atoms with Crippen LogP contribution < -0.4 is 4.90 Å². The van der Waals surface area contributed by atoms with Crippen LogP contribution in [0.15, 0.2) is 49.1 Å². The van der Waals surface area contributed by atoms with Crippen molar-refractivity contribution >= 4 is 23.3 Å². The van der Waals surface area contributed by atoms with Crippen molar-refractivity contribution in [2.75, 3.05) is 31.1 Å². The lowest BCUT2D eigenvalue weighted by atomic mass is 10.1. The van der Waals surface area contributed by atoms with Gasteiger partial charge in [-0.3, -0.25) is 9.36 Å². The van der Waals surface area contributed by atoms with E-state index in [1.807, 2.05) is 12.1 Å². The summed E-state index contributed by atoms with van der Waals surface area (Å²) in [4.78, 5) is 20.3. The molecular formula is C19H18ClFN6O. The van der Waals surface area contributed by atoms with Crippen LogP contribution in [0.5, 0.6) is 0 Å². The summed E-state index contributed by atoms with van der Waals surface area (Å²) in [5, 5.41) is 8.77. The van der Waals surface area contributed by atoms with Crippen LogP contribution in [0.3, 0.4) is 0 Å². The number of halogens is 2. The molecule has 0 N–H and O–H groups in total. The maximum Gasteiger partial charge on any atom is 0.227 e. The molecule has 0 radical (unpaired) electrons. The molecule has 2 aromatic heterocycles. The van der Waals surface area contributed by atoms with Gasteiger partial charge in [-0.15, -0.1) is 10.2 Å². The number of imidazole rings is 1. The normalized spacial score (nSPS) is 14.4. The third kappa shape index (κ3) is 3.82. The largest absolute Gasteiger partial charge is 0.352 e. The molecule has 144 valence electrons. The Morgan fingerprint density at radius 3 is 2.46 bits per heavy atom. The number of nitrogens with zero attached hydrogens (tertiary/aromatic N) is 6. The zero-order valence-corrected chi connectivity index (χ0v) is 15.8. The lowest BCUT2D eigenvalue weighted by Gasteiger charge is -2.35. The maximum atomic E-state index is 13.9. The Labute approximate surface area is 166 Å². The highest BCUT2D eigenvalue weighted by Crippen LogP contribution is 2.21. The van der Waals surface area contributed by atoms with Crippen molar-refractivity contribution in [2.45, 2.75) is 6.42 Å². The first-order valence-corrected chi connectivity index (χ1v) is 9.27. The molecule has 0 spiro atoms. The molecule has 1 fully saturated rings. The van der Waals surface area contributed by atoms with Gasteiger partial charge in [0.25, 0.3) is 0 Å². The van der Waals surface area contributed by atoms with Gasteiger partial charge in [0.05, 0.1) is 6.42 Å². The fourth-order valence-electron chi connectivity index (χ4n) is 3.17. The number of carbonyl (C=O) groups is 1. The van der Waals surface area contributed by atoms with Gasteiger partial charge in [-0.1, -0.05) is 17.7 Å². The van der Waals surface area contributed by atoms with E-state index in [2.05, 4.69) is 20.1 Å². The lowest BCUT2D eigenvalue weighted by molar-refractivity contribution is -0.130. The van der Waals surface area contributed by atoms with Crippen LogP contribution in [0.1, 0.15) is 5.56 Å². The second-order valence-corrected chi connectivity index (χ2v) is 6.87. The number of benzene rings is 1. The van der Waals surface area contributed by atoms with Gasteiger partial charge < -0.3 is 9.80 Å². The molecule has 9 heteroatoms. The highest BCUT2D eigenvalue weighted by molar-refractivity contribution is 6.31. The first-order valence-electron chi connectivity index (χ1n) is 8.89. The predicted octanol–water partition coefficient (Wildman–Crippen LogP) is 2.35. The van der Waals surface area contributed by atoms with Gasteiger partial charge in [0.1, 0.15) is 12.1 Å². The van der Waals surface area contributed by atoms with Crippen molar-refractivity contribution < 1.29 is 9.18 Å². The molecule has 0 atom stereocenters. The Kier molecular flexibility index (Phi) is 5.21. The van der Waals surface area contributed by atoms with Gasteiger partial charge in [0, 0.05) is 49.2 Å². The number of rotatable bonds is 4. The molecule has 3 heterocycles. The zero-order chi connectivity index (χ0) is 19.5. The lowest BCUT2D eigenvalue weighted by Crippen LogP contribution is -2.49. The number of piperazine rings is 1. The highest BCUT2D eigenvalue weighted by Gasteiger charge is 2.23. The molecular weight excluding hydrogens is 383 g/mol. The van der Waals surface area contributed by atoms with Gasteiger partial charge in [-0.2, -0.15) is 0 Å². The summed E-state index contributed by atoms with van der Waals surface area (Å²) in [5.41, 5.74) is 0.248. The monoisotopic (exact) mass is 400 g/mol. The third-order valence-corrected chi connectivity index (χ3v) is 5.11. The van der Waals surface area contributed by atoms with E-state index in [1.165, 1.54) is 12.1 Å². The van der Waals surface area contributed by atoms with E-state index >= 15 is 0 Å². The van der Waals surface area contributed by atoms with E-state index in [9.17, 15) is 9.18 Å². The number of amides is 1. The molecule has 0 saturated carbocycles. The van der Waals surface area contributed by atoms with Crippen LogP contribution in [0.25, 0.3) is 5.82 Å². The van der Waals surface area contributed by atoms with Gasteiger partial charge in [0.2, 0.25) is 5.91 Å². The van der Waals surface area contributed by atoms with E-state index < -0.39 is 5.82 Å². The Hall–Kier alpha value is -3.00. The summed E-state index contributed by atoms with van der Waals surface area (Å²) in [5.74, 6) is 0.867. The van der Waals surface area contributed by atoms with Crippen LogP contribution >= 0.6 is 11.6 Å². The molecule has 1 aromatic carbocycles. The second-order valence-electron chi connectivity index (χ2n) is 6.46. The van der Waals surface area contributed by atoms with Gasteiger partial charge in [-0.05, 0) is 24.3 Å². The minimum atomic E-state index is -0.451.